The molecule has 2 rings (SSSR count). The lowest BCUT2D eigenvalue weighted by Crippen LogP contribution is -2.39. The monoisotopic (exact) mass is 293 g/mol. The first kappa shape index (κ1) is 15.0. The second-order valence-electron chi connectivity index (χ2n) is 6.17. The molecule has 2 aromatic rings. The second kappa shape index (κ2) is 5.94. The van der Waals surface area contributed by atoms with Crippen LogP contribution in [0.1, 0.15) is 16.7 Å². The van der Waals surface area contributed by atoms with E-state index in [2.05, 4.69) is 91.0 Å². The molecule has 0 fully saturated rings. The summed E-state index contributed by atoms with van der Waals surface area (Å²) in [5.41, 5.74) is 7.30. The van der Waals surface area contributed by atoms with Crippen LogP contribution in [0.4, 0.5) is 0 Å². The standard InChI is InChI=1S/C18H21Si2/c1-14-9-5-6-10-15(14)17(13-19)16-11-7-8-12-18(16)20(2,3)4/h5-13H,1-4H3. The van der Waals surface area contributed by atoms with Gasteiger partial charge in [-0.05, 0) is 29.2 Å². The average molecular weight is 294 g/mol. The molecular weight excluding hydrogens is 272 g/mol. The van der Waals surface area contributed by atoms with Crippen molar-refractivity contribution in [1.82, 2.24) is 0 Å². The van der Waals surface area contributed by atoms with Gasteiger partial charge in [0, 0.05) is 0 Å². The minimum absolute atomic E-state index is 1.28. The average Bonchev–Trinajstić information content (AvgIpc) is 2.41. The molecule has 0 bridgehead atoms. The quantitative estimate of drug-likeness (QED) is 0.748. The zero-order chi connectivity index (χ0) is 14.8. The highest BCUT2D eigenvalue weighted by Gasteiger charge is 2.21. The Morgan fingerprint density at radius 1 is 0.900 bits per heavy atom. The van der Waals surface area contributed by atoms with E-state index in [4.69, 9.17) is 0 Å². The summed E-state index contributed by atoms with van der Waals surface area (Å²) in [6, 6.07) is 17.4. The molecule has 0 N–H and O–H groups in total. The Hall–Kier alpha value is -1.39. The van der Waals surface area contributed by atoms with Crippen molar-refractivity contribution in [2.45, 2.75) is 26.6 Å². The van der Waals surface area contributed by atoms with Gasteiger partial charge in [0.1, 0.15) is 0 Å². The Labute approximate surface area is 127 Å². The third-order valence-corrected chi connectivity index (χ3v) is 5.95. The third kappa shape index (κ3) is 3.02. The van der Waals surface area contributed by atoms with Crippen LogP contribution in [0.15, 0.2) is 54.2 Å². The van der Waals surface area contributed by atoms with Crippen LogP contribution in [0.2, 0.25) is 19.6 Å². The summed E-state index contributed by atoms with van der Waals surface area (Å²) < 4.78 is 0. The van der Waals surface area contributed by atoms with Crippen LogP contribution in [0.5, 0.6) is 0 Å². The van der Waals surface area contributed by atoms with E-state index in [1.165, 1.54) is 27.5 Å². The summed E-state index contributed by atoms with van der Waals surface area (Å²) in [5.74, 6) is 0. The number of hydrogen-bond donors (Lipinski definition) is 0. The molecule has 2 aromatic carbocycles. The van der Waals surface area contributed by atoms with Crippen LogP contribution < -0.4 is 5.19 Å². The molecule has 3 radical (unpaired) electrons. The van der Waals surface area contributed by atoms with E-state index in [0.717, 1.165) is 0 Å². The fourth-order valence-corrected chi connectivity index (χ4v) is 4.48. The predicted molar refractivity (Wildman–Crippen MR) is 93.4 cm³/mol. The highest BCUT2D eigenvalue weighted by Crippen LogP contribution is 2.26. The van der Waals surface area contributed by atoms with Crippen LogP contribution in [0, 0.1) is 6.92 Å². The zero-order valence-electron chi connectivity index (χ0n) is 12.7. The highest BCUT2D eigenvalue weighted by atomic mass is 28.3. The molecule has 0 unspecified atom stereocenters. The minimum Gasteiger partial charge on any atom is -0.0937 e. The Kier molecular flexibility index (Phi) is 4.46. The molecule has 0 aliphatic heterocycles. The maximum atomic E-state index is 3.63. The Balaban J connectivity index is 2.64. The Morgan fingerprint density at radius 3 is 2.00 bits per heavy atom. The van der Waals surface area contributed by atoms with Gasteiger partial charge < -0.3 is 0 Å². The molecule has 0 atom stereocenters. The van der Waals surface area contributed by atoms with Crippen molar-refractivity contribution in [3.63, 3.8) is 0 Å². The number of rotatable bonds is 3. The van der Waals surface area contributed by atoms with Crippen molar-refractivity contribution in [2.75, 3.05) is 0 Å². The number of benzene rings is 2. The molecule has 20 heavy (non-hydrogen) atoms. The first-order valence-corrected chi connectivity index (χ1v) is 11.1. The van der Waals surface area contributed by atoms with Crippen molar-refractivity contribution < 1.29 is 0 Å². The zero-order valence-corrected chi connectivity index (χ0v) is 14.7. The number of aryl methyl sites for hydroxylation is 1. The Morgan fingerprint density at radius 2 is 1.45 bits per heavy atom. The van der Waals surface area contributed by atoms with Gasteiger partial charge in [0.25, 0.3) is 0 Å². The summed E-state index contributed by atoms with van der Waals surface area (Å²) in [7, 11) is 2.26. The third-order valence-electron chi connectivity index (χ3n) is 3.60. The smallest absolute Gasteiger partial charge is 0.0784 e. The highest BCUT2D eigenvalue weighted by molar-refractivity contribution is 6.89. The fourth-order valence-electron chi connectivity index (χ4n) is 2.55. The molecule has 0 saturated heterocycles. The molecule has 0 saturated carbocycles. The molecule has 2 heteroatoms. The van der Waals surface area contributed by atoms with Gasteiger partial charge in [-0.15, -0.1) is 0 Å². The molecule has 0 aliphatic rings. The lowest BCUT2D eigenvalue weighted by Gasteiger charge is -2.23. The molecule has 0 amide bonds. The first-order chi connectivity index (χ1) is 9.45. The second-order valence-corrected chi connectivity index (χ2v) is 11.5. The molecule has 0 heterocycles. The van der Waals surface area contributed by atoms with Crippen LogP contribution in [0.3, 0.4) is 0 Å². The molecule has 0 aliphatic carbocycles. The lowest BCUT2D eigenvalue weighted by molar-refractivity contribution is 1.42. The van der Waals surface area contributed by atoms with Crippen LogP contribution >= 0.6 is 0 Å². The molecule has 0 spiro atoms. The maximum Gasteiger partial charge on any atom is 0.0784 e. The van der Waals surface area contributed by atoms with Crippen molar-refractivity contribution in [3.05, 3.63) is 70.9 Å². The topological polar surface area (TPSA) is 0 Å². The van der Waals surface area contributed by atoms with Gasteiger partial charge in [-0.25, -0.2) is 0 Å². The molecular formula is C18H21Si2. The molecule has 0 aromatic heterocycles. The van der Waals surface area contributed by atoms with Gasteiger partial charge >= 0.3 is 0 Å². The van der Waals surface area contributed by atoms with E-state index in [0.29, 0.717) is 0 Å². The van der Waals surface area contributed by atoms with E-state index >= 15 is 0 Å². The predicted octanol–water partition coefficient (Wildman–Crippen LogP) is 4.10. The van der Waals surface area contributed by atoms with Gasteiger partial charge in [0.15, 0.2) is 0 Å². The summed E-state index contributed by atoms with van der Waals surface area (Å²) >= 11 is 0. The van der Waals surface area contributed by atoms with Crippen LogP contribution in [-0.4, -0.2) is 18.3 Å². The maximum absolute atomic E-state index is 3.63. The van der Waals surface area contributed by atoms with Gasteiger partial charge in [0.05, 0.1) is 18.3 Å². The van der Waals surface area contributed by atoms with E-state index in [1.807, 2.05) is 0 Å². The van der Waals surface area contributed by atoms with Crippen LogP contribution in [0.25, 0.3) is 5.57 Å². The van der Waals surface area contributed by atoms with Gasteiger partial charge in [-0.1, -0.05) is 79.1 Å². The van der Waals surface area contributed by atoms with Crippen molar-refractivity contribution in [3.8, 4) is 0 Å². The summed E-state index contributed by atoms with van der Waals surface area (Å²) in [6.07, 6.45) is 0. The fraction of sp³-hybridized carbons (Fsp3) is 0.222. The SMILES string of the molecule is Cc1ccccc1C(=C[Si])c1ccccc1[Si](C)(C)C. The van der Waals surface area contributed by atoms with E-state index in [-0.39, 0.29) is 0 Å². The first-order valence-electron chi connectivity index (χ1n) is 6.98. The molecule has 0 nitrogen and oxygen atoms in total. The van der Waals surface area contributed by atoms with E-state index in [1.54, 1.807) is 0 Å². The van der Waals surface area contributed by atoms with Gasteiger partial charge in [0.2, 0.25) is 0 Å². The van der Waals surface area contributed by atoms with E-state index < -0.39 is 8.07 Å². The van der Waals surface area contributed by atoms with Crippen molar-refractivity contribution in [2.24, 2.45) is 0 Å². The van der Waals surface area contributed by atoms with E-state index in [9.17, 15) is 0 Å². The summed E-state index contributed by atoms with van der Waals surface area (Å²) in [4.78, 5) is 0. The minimum atomic E-state index is -1.37. The molecule has 101 valence electrons. The summed E-state index contributed by atoms with van der Waals surface area (Å²) in [5, 5.41) is 1.51. The van der Waals surface area contributed by atoms with Crippen molar-refractivity contribution in [1.29, 1.82) is 0 Å². The van der Waals surface area contributed by atoms with Crippen molar-refractivity contribution >= 4 is 29.1 Å². The lowest BCUT2D eigenvalue weighted by atomic mass is 9.96. The largest absolute Gasteiger partial charge is 0.0937 e. The van der Waals surface area contributed by atoms with Gasteiger partial charge in [-0.2, -0.15) is 0 Å². The van der Waals surface area contributed by atoms with Crippen LogP contribution in [-0.2, 0) is 0 Å². The normalized spacial score (nSPS) is 12.6. The number of hydrogen-bond acceptors (Lipinski definition) is 0. The van der Waals surface area contributed by atoms with Gasteiger partial charge in [-0.3, -0.25) is 0 Å². The summed E-state index contributed by atoms with van der Waals surface area (Å²) in [6.45, 7) is 9.36. The Bertz CT molecular complexity index is 634.